The van der Waals surface area contributed by atoms with Gasteiger partial charge in [-0.2, -0.15) is 0 Å². The van der Waals surface area contributed by atoms with E-state index < -0.39 is 11.5 Å². The van der Waals surface area contributed by atoms with Crippen LogP contribution < -0.4 is 14.8 Å². The summed E-state index contributed by atoms with van der Waals surface area (Å²) in [6.07, 6.45) is 0.893. The fourth-order valence-electron chi connectivity index (χ4n) is 2.42. The molecule has 22 heavy (non-hydrogen) atoms. The fraction of sp³-hybridized carbons (Fsp3) is 0.467. The van der Waals surface area contributed by atoms with Gasteiger partial charge >= 0.3 is 5.97 Å². The molecular formula is C15H18ClNO5. The standard InChI is InChI=1S/C15H18ClNO5/c1-3-15(4-2,7-12(18)19)17-14(20)9-5-10(16)13-11(6-9)21-8-22-13/h5-6H,3-4,7-8H2,1-2H3,(H,17,20)(H,18,19). The van der Waals surface area contributed by atoms with E-state index in [1.165, 1.54) is 6.07 Å². The van der Waals surface area contributed by atoms with Crippen LogP contribution in [0.2, 0.25) is 5.02 Å². The molecule has 0 aromatic heterocycles. The lowest BCUT2D eigenvalue weighted by molar-refractivity contribution is -0.138. The Labute approximate surface area is 133 Å². The number of aliphatic carboxylic acids is 1. The summed E-state index contributed by atoms with van der Waals surface area (Å²) in [5, 5.41) is 12.2. The first-order valence-corrected chi connectivity index (χ1v) is 7.42. The molecule has 6 nitrogen and oxygen atoms in total. The highest BCUT2D eigenvalue weighted by molar-refractivity contribution is 6.32. The van der Waals surface area contributed by atoms with Crippen LogP contribution >= 0.6 is 11.6 Å². The Balaban J connectivity index is 2.24. The summed E-state index contributed by atoms with van der Waals surface area (Å²) in [4.78, 5) is 23.5. The normalized spacial score (nSPS) is 13.0. The first kappa shape index (κ1) is 16.4. The van der Waals surface area contributed by atoms with Crippen LogP contribution in [-0.2, 0) is 4.79 Å². The van der Waals surface area contributed by atoms with Crippen LogP contribution in [0.1, 0.15) is 43.5 Å². The summed E-state index contributed by atoms with van der Waals surface area (Å²) < 4.78 is 10.4. The van der Waals surface area contributed by atoms with Crippen LogP contribution in [0.25, 0.3) is 0 Å². The highest BCUT2D eigenvalue weighted by Gasteiger charge is 2.32. The van der Waals surface area contributed by atoms with Crippen LogP contribution in [0.3, 0.4) is 0 Å². The van der Waals surface area contributed by atoms with E-state index in [1.54, 1.807) is 6.07 Å². The second-order valence-electron chi connectivity index (χ2n) is 5.20. The zero-order chi connectivity index (χ0) is 16.3. The third-order valence-corrected chi connectivity index (χ3v) is 4.19. The van der Waals surface area contributed by atoms with Gasteiger partial charge in [-0.15, -0.1) is 0 Å². The predicted molar refractivity (Wildman–Crippen MR) is 80.6 cm³/mol. The van der Waals surface area contributed by atoms with Crippen molar-refractivity contribution in [2.45, 2.75) is 38.6 Å². The molecule has 0 atom stereocenters. The predicted octanol–water partition coefficient (Wildman–Crippen LogP) is 2.83. The van der Waals surface area contributed by atoms with Gasteiger partial charge in [-0.05, 0) is 25.0 Å². The van der Waals surface area contributed by atoms with Crippen molar-refractivity contribution in [3.8, 4) is 11.5 Å². The van der Waals surface area contributed by atoms with Crippen molar-refractivity contribution in [2.75, 3.05) is 6.79 Å². The van der Waals surface area contributed by atoms with E-state index in [1.807, 2.05) is 13.8 Å². The number of rotatable bonds is 6. The number of fused-ring (bicyclic) bond motifs is 1. The van der Waals surface area contributed by atoms with Gasteiger partial charge in [0.15, 0.2) is 11.5 Å². The van der Waals surface area contributed by atoms with Crippen LogP contribution in [0, 0.1) is 0 Å². The molecule has 0 aliphatic carbocycles. The molecule has 1 aliphatic heterocycles. The van der Waals surface area contributed by atoms with E-state index in [0.29, 0.717) is 29.9 Å². The van der Waals surface area contributed by atoms with Gasteiger partial charge in [0, 0.05) is 5.56 Å². The third-order valence-electron chi connectivity index (χ3n) is 3.91. The lowest BCUT2D eigenvalue weighted by Gasteiger charge is -2.31. The molecule has 1 aromatic carbocycles. The molecule has 1 heterocycles. The van der Waals surface area contributed by atoms with Gasteiger partial charge in [-0.1, -0.05) is 25.4 Å². The SMILES string of the molecule is CCC(CC)(CC(=O)O)NC(=O)c1cc(Cl)c2c(c1)OCO2. The molecule has 1 aliphatic rings. The summed E-state index contributed by atoms with van der Waals surface area (Å²) in [5.41, 5.74) is -0.475. The summed E-state index contributed by atoms with van der Waals surface area (Å²) in [5.74, 6) is -0.506. The van der Waals surface area contributed by atoms with Crippen molar-refractivity contribution in [2.24, 2.45) is 0 Å². The zero-order valence-corrected chi connectivity index (χ0v) is 13.2. The Morgan fingerprint density at radius 3 is 2.59 bits per heavy atom. The largest absolute Gasteiger partial charge is 0.481 e. The van der Waals surface area contributed by atoms with Gasteiger partial charge in [-0.3, -0.25) is 9.59 Å². The van der Waals surface area contributed by atoms with Crippen LogP contribution in [0.5, 0.6) is 11.5 Å². The van der Waals surface area contributed by atoms with E-state index in [9.17, 15) is 9.59 Å². The van der Waals surface area contributed by atoms with E-state index in [2.05, 4.69) is 5.32 Å². The summed E-state index contributed by atoms with van der Waals surface area (Å²) in [7, 11) is 0. The van der Waals surface area contributed by atoms with Gasteiger partial charge in [0.2, 0.25) is 6.79 Å². The highest BCUT2D eigenvalue weighted by atomic mass is 35.5. The lowest BCUT2D eigenvalue weighted by Crippen LogP contribution is -2.49. The van der Waals surface area contributed by atoms with E-state index in [-0.39, 0.29) is 24.1 Å². The molecule has 0 saturated heterocycles. The number of benzene rings is 1. The molecule has 0 radical (unpaired) electrons. The molecule has 1 aromatic rings. The number of carbonyl (C=O) groups excluding carboxylic acids is 1. The maximum atomic E-state index is 12.5. The molecule has 7 heteroatoms. The lowest BCUT2D eigenvalue weighted by atomic mass is 9.88. The maximum Gasteiger partial charge on any atom is 0.305 e. The molecule has 1 amide bonds. The van der Waals surface area contributed by atoms with E-state index in [0.717, 1.165) is 0 Å². The third kappa shape index (κ3) is 3.27. The van der Waals surface area contributed by atoms with Gasteiger partial charge in [-0.25, -0.2) is 0 Å². The summed E-state index contributed by atoms with van der Waals surface area (Å²) in [6, 6.07) is 3.03. The fourth-order valence-corrected chi connectivity index (χ4v) is 2.69. The molecule has 0 saturated carbocycles. The molecule has 0 bridgehead atoms. The molecule has 0 spiro atoms. The van der Waals surface area contributed by atoms with Gasteiger partial charge in [0.1, 0.15) is 0 Å². The number of ether oxygens (including phenoxy) is 2. The monoisotopic (exact) mass is 327 g/mol. The molecule has 0 fully saturated rings. The summed E-state index contributed by atoms with van der Waals surface area (Å²) in [6.45, 7) is 3.76. The van der Waals surface area contributed by atoms with Crippen LogP contribution in [0.15, 0.2) is 12.1 Å². The first-order valence-electron chi connectivity index (χ1n) is 7.04. The number of nitrogens with one attached hydrogen (secondary N) is 1. The van der Waals surface area contributed by atoms with Crippen molar-refractivity contribution in [3.63, 3.8) is 0 Å². The number of amides is 1. The Morgan fingerprint density at radius 2 is 2.00 bits per heavy atom. The average molecular weight is 328 g/mol. The minimum absolute atomic E-state index is 0.0625. The Bertz CT molecular complexity index is 598. The molecular weight excluding hydrogens is 310 g/mol. The number of carbonyl (C=O) groups is 2. The van der Waals surface area contributed by atoms with Crippen molar-refractivity contribution in [1.82, 2.24) is 5.32 Å². The van der Waals surface area contributed by atoms with Gasteiger partial charge in [0.25, 0.3) is 5.91 Å². The Morgan fingerprint density at radius 1 is 1.32 bits per heavy atom. The van der Waals surface area contributed by atoms with Crippen LogP contribution in [0.4, 0.5) is 0 Å². The zero-order valence-electron chi connectivity index (χ0n) is 12.4. The smallest absolute Gasteiger partial charge is 0.305 e. The van der Waals surface area contributed by atoms with Gasteiger partial charge < -0.3 is 19.9 Å². The second-order valence-corrected chi connectivity index (χ2v) is 5.61. The number of carboxylic acid groups (broad SMARTS) is 1. The first-order chi connectivity index (χ1) is 10.4. The molecule has 0 unspecified atom stereocenters. The number of hydrogen-bond acceptors (Lipinski definition) is 4. The van der Waals surface area contributed by atoms with Crippen molar-refractivity contribution in [1.29, 1.82) is 0 Å². The van der Waals surface area contributed by atoms with Gasteiger partial charge in [0.05, 0.1) is 17.0 Å². The minimum atomic E-state index is -0.951. The molecule has 120 valence electrons. The highest BCUT2D eigenvalue weighted by Crippen LogP contribution is 2.39. The van der Waals surface area contributed by atoms with Crippen molar-refractivity contribution >= 4 is 23.5 Å². The molecule has 2 N–H and O–H groups in total. The number of halogens is 1. The molecule has 2 rings (SSSR count). The quantitative estimate of drug-likeness (QED) is 0.839. The van der Waals surface area contributed by atoms with Crippen molar-refractivity contribution in [3.05, 3.63) is 22.7 Å². The van der Waals surface area contributed by atoms with E-state index in [4.69, 9.17) is 26.2 Å². The summed E-state index contributed by atoms with van der Waals surface area (Å²) >= 11 is 6.06. The average Bonchev–Trinajstić information content (AvgIpc) is 2.94. The maximum absolute atomic E-state index is 12.5. The van der Waals surface area contributed by atoms with Crippen LogP contribution in [-0.4, -0.2) is 29.3 Å². The number of hydrogen-bond donors (Lipinski definition) is 2. The Kier molecular flexibility index (Phi) is 4.81. The number of carboxylic acids is 1. The Hall–Kier alpha value is -1.95. The van der Waals surface area contributed by atoms with Crippen molar-refractivity contribution < 1.29 is 24.2 Å². The topological polar surface area (TPSA) is 84.9 Å². The second kappa shape index (κ2) is 6.44. The van der Waals surface area contributed by atoms with E-state index >= 15 is 0 Å². The minimum Gasteiger partial charge on any atom is -0.481 e.